The van der Waals surface area contributed by atoms with E-state index < -0.39 is 0 Å². The maximum Gasteiger partial charge on any atom is 0.155 e. The summed E-state index contributed by atoms with van der Waals surface area (Å²) in [5.74, 6) is 0.0808. The Kier molecular flexibility index (Phi) is 4.60. The van der Waals surface area contributed by atoms with Crippen LogP contribution in [0.15, 0.2) is 12.2 Å². The van der Waals surface area contributed by atoms with Gasteiger partial charge < -0.3 is 0 Å². The van der Waals surface area contributed by atoms with Crippen molar-refractivity contribution >= 4 is 11.6 Å². The summed E-state index contributed by atoms with van der Waals surface area (Å²) in [6.45, 7) is 10.7. The predicted octanol–water partition coefficient (Wildman–Crippen LogP) is 2.38. The molecule has 0 aliphatic rings. The minimum absolute atomic E-state index is 0.0360. The number of hydrogen-bond donors (Lipinski definition) is 0. The Morgan fingerprint density at radius 2 is 1.69 bits per heavy atom. The Morgan fingerprint density at radius 3 is 1.92 bits per heavy atom. The maximum atomic E-state index is 11.2. The first kappa shape index (κ1) is 12.1. The minimum Gasteiger partial charge on any atom is -0.299 e. The smallest absolute Gasteiger partial charge is 0.155 e. The van der Waals surface area contributed by atoms with Crippen molar-refractivity contribution in [2.24, 2.45) is 11.8 Å². The van der Waals surface area contributed by atoms with Gasteiger partial charge in [0.1, 0.15) is 5.78 Å². The maximum absolute atomic E-state index is 11.2. The summed E-state index contributed by atoms with van der Waals surface area (Å²) >= 11 is 0. The SMILES string of the molecule is C=C(C(C)=O)[C@@H](CC(C)C)C(C)=O. The molecule has 0 radical (unpaired) electrons. The zero-order valence-corrected chi connectivity index (χ0v) is 8.89. The highest BCUT2D eigenvalue weighted by Crippen LogP contribution is 2.20. The van der Waals surface area contributed by atoms with E-state index in [1.54, 1.807) is 0 Å². The summed E-state index contributed by atoms with van der Waals surface area (Å²) in [6, 6.07) is 0. The molecule has 1 atom stereocenters. The summed E-state index contributed by atoms with van der Waals surface area (Å²) in [7, 11) is 0. The first-order valence-corrected chi connectivity index (χ1v) is 4.56. The Bertz CT molecular complexity index is 226. The monoisotopic (exact) mass is 182 g/mol. The van der Waals surface area contributed by atoms with Crippen LogP contribution >= 0.6 is 0 Å². The molecule has 0 amide bonds. The third-order valence-electron chi connectivity index (χ3n) is 2.07. The van der Waals surface area contributed by atoms with E-state index in [1.807, 2.05) is 13.8 Å². The van der Waals surface area contributed by atoms with E-state index in [0.717, 1.165) is 0 Å². The van der Waals surface area contributed by atoms with Crippen molar-refractivity contribution in [2.75, 3.05) is 0 Å². The third kappa shape index (κ3) is 4.02. The van der Waals surface area contributed by atoms with E-state index in [2.05, 4.69) is 6.58 Å². The molecule has 0 aromatic carbocycles. The molecule has 0 rings (SSSR count). The van der Waals surface area contributed by atoms with Crippen molar-refractivity contribution in [3.05, 3.63) is 12.2 Å². The molecule has 2 nitrogen and oxygen atoms in total. The molecule has 0 heterocycles. The number of Topliss-reactive ketones (excluding diaryl/α,β-unsaturated/α-hetero) is 2. The number of ketones is 2. The molecule has 0 spiro atoms. The molecule has 0 N–H and O–H groups in total. The van der Waals surface area contributed by atoms with Crippen LogP contribution in [0.3, 0.4) is 0 Å². The lowest BCUT2D eigenvalue weighted by Crippen LogP contribution is -2.19. The van der Waals surface area contributed by atoms with Crippen molar-refractivity contribution in [3.8, 4) is 0 Å². The molecular weight excluding hydrogens is 164 g/mol. The van der Waals surface area contributed by atoms with Crippen molar-refractivity contribution in [1.29, 1.82) is 0 Å². The van der Waals surface area contributed by atoms with E-state index >= 15 is 0 Å². The van der Waals surface area contributed by atoms with E-state index in [1.165, 1.54) is 13.8 Å². The van der Waals surface area contributed by atoms with Gasteiger partial charge in [0, 0.05) is 5.92 Å². The molecule has 0 saturated carbocycles. The molecule has 2 heteroatoms. The van der Waals surface area contributed by atoms with Crippen molar-refractivity contribution in [1.82, 2.24) is 0 Å². The van der Waals surface area contributed by atoms with Crippen molar-refractivity contribution in [3.63, 3.8) is 0 Å². The minimum atomic E-state index is -0.280. The Hall–Kier alpha value is -0.920. The first-order chi connectivity index (χ1) is 5.86. The zero-order valence-electron chi connectivity index (χ0n) is 8.89. The Labute approximate surface area is 80.0 Å². The molecule has 0 aromatic rings. The van der Waals surface area contributed by atoms with Crippen molar-refractivity contribution < 1.29 is 9.59 Å². The van der Waals surface area contributed by atoms with Crippen LogP contribution < -0.4 is 0 Å². The average Bonchev–Trinajstić information content (AvgIpc) is 1.97. The van der Waals surface area contributed by atoms with Crippen LogP contribution in [0.5, 0.6) is 0 Å². The Balaban J connectivity index is 4.52. The topological polar surface area (TPSA) is 34.1 Å². The highest BCUT2D eigenvalue weighted by Gasteiger charge is 2.21. The lowest BCUT2D eigenvalue weighted by Gasteiger charge is -2.16. The number of carbonyl (C=O) groups is 2. The summed E-state index contributed by atoms with van der Waals surface area (Å²) in [4.78, 5) is 22.2. The second kappa shape index (κ2) is 4.95. The van der Waals surface area contributed by atoms with Gasteiger partial charge in [-0.25, -0.2) is 0 Å². The fourth-order valence-corrected chi connectivity index (χ4v) is 1.27. The molecule has 0 fully saturated rings. The largest absolute Gasteiger partial charge is 0.299 e. The van der Waals surface area contributed by atoms with E-state index in [0.29, 0.717) is 17.9 Å². The summed E-state index contributed by atoms with van der Waals surface area (Å²) in [5.41, 5.74) is 0.446. The van der Waals surface area contributed by atoms with Gasteiger partial charge in [-0.15, -0.1) is 0 Å². The third-order valence-corrected chi connectivity index (χ3v) is 2.07. The van der Waals surface area contributed by atoms with Gasteiger partial charge in [0.2, 0.25) is 0 Å². The van der Waals surface area contributed by atoms with Gasteiger partial charge in [-0.1, -0.05) is 20.4 Å². The van der Waals surface area contributed by atoms with Gasteiger partial charge in [0.25, 0.3) is 0 Å². The second-order valence-electron chi connectivity index (χ2n) is 3.87. The number of carbonyl (C=O) groups excluding carboxylic acids is 2. The summed E-state index contributed by atoms with van der Waals surface area (Å²) < 4.78 is 0. The number of rotatable bonds is 5. The molecule has 13 heavy (non-hydrogen) atoms. The van der Waals surface area contributed by atoms with Crippen LogP contribution in [-0.4, -0.2) is 11.6 Å². The molecule has 0 aliphatic carbocycles. The molecule has 0 aromatic heterocycles. The van der Waals surface area contributed by atoms with Crippen LogP contribution in [0, 0.1) is 11.8 Å². The molecule has 0 aliphatic heterocycles. The molecule has 0 unspecified atom stereocenters. The van der Waals surface area contributed by atoms with Crippen LogP contribution in [0.1, 0.15) is 34.1 Å². The zero-order chi connectivity index (χ0) is 10.6. The lowest BCUT2D eigenvalue weighted by molar-refractivity contribution is -0.122. The normalized spacial score (nSPS) is 12.7. The van der Waals surface area contributed by atoms with E-state index in [-0.39, 0.29) is 17.5 Å². The van der Waals surface area contributed by atoms with Gasteiger partial charge >= 0.3 is 0 Å². The standard InChI is InChI=1S/C11H18O2/c1-7(2)6-11(10(5)13)8(3)9(4)12/h7,11H,3,6H2,1-2,4-5H3/t11-/m1/s1. The quantitative estimate of drug-likeness (QED) is 0.612. The van der Waals surface area contributed by atoms with Crippen LogP contribution in [0.4, 0.5) is 0 Å². The van der Waals surface area contributed by atoms with E-state index in [9.17, 15) is 9.59 Å². The van der Waals surface area contributed by atoms with Gasteiger partial charge in [-0.3, -0.25) is 9.59 Å². The van der Waals surface area contributed by atoms with Crippen LogP contribution in [0.25, 0.3) is 0 Å². The van der Waals surface area contributed by atoms with Crippen LogP contribution in [0.2, 0.25) is 0 Å². The first-order valence-electron chi connectivity index (χ1n) is 4.56. The van der Waals surface area contributed by atoms with E-state index in [4.69, 9.17) is 0 Å². The summed E-state index contributed by atoms with van der Waals surface area (Å²) in [6.07, 6.45) is 0.716. The van der Waals surface area contributed by atoms with Gasteiger partial charge in [0.05, 0.1) is 0 Å². The molecule has 0 saturated heterocycles. The average molecular weight is 182 g/mol. The van der Waals surface area contributed by atoms with Gasteiger partial charge in [-0.2, -0.15) is 0 Å². The lowest BCUT2D eigenvalue weighted by atomic mass is 9.86. The summed E-state index contributed by atoms with van der Waals surface area (Å²) in [5, 5.41) is 0. The highest BCUT2D eigenvalue weighted by molar-refractivity contribution is 5.99. The molecule has 0 bridgehead atoms. The van der Waals surface area contributed by atoms with Crippen molar-refractivity contribution in [2.45, 2.75) is 34.1 Å². The van der Waals surface area contributed by atoms with Gasteiger partial charge in [-0.05, 0) is 31.8 Å². The fraction of sp³-hybridized carbons (Fsp3) is 0.636. The Morgan fingerprint density at radius 1 is 1.23 bits per heavy atom. The number of allylic oxidation sites excluding steroid dienone is 1. The number of hydrogen-bond acceptors (Lipinski definition) is 2. The fourth-order valence-electron chi connectivity index (χ4n) is 1.27. The second-order valence-corrected chi connectivity index (χ2v) is 3.87. The molecular formula is C11H18O2. The van der Waals surface area contributed by atoms with Crippen LogP contribution in [-0.2, 0) is 9.59 Å². The highest BCUT2D eigenvalue weighted by atomic mass is 16.1. The molecule has 74 valence electrons. The predicted molar refractivity (Wildman–Crippen MR) is 53.4 cm³/mol. The van der Waals surface area contributed by atoms with Gasteiger partial charge in [0.15, 0.2) is 5.78 Å².